The maximum absolute atomic E-state index is 14.5. The summed E-state index contributed by atoms with van der Waals surface area (Å²) in [6.07, 6.45) is 6.03. The molecular formula is C25H31FIN5O. The van der Waals surface area contributed by atoms with E-state index in [2.05, 4.69) is 34.3 Å². The largest absolute Gasteiger partial charge is 0.376 e. The SMILES string of the molecule is CCNC(=NCc1ccc(-n2ccnc2)c(F)c1)N1CCC(COCc2ccccc2)C1.I. The number of aliphatic imine (C=N–C) groups is 1. The number of hydrogen-bond acceptors (Lipinski definition) is 3. The Morgan fingerprint density at radius 1 is 1.21 bits per heavy atom. The number of likely N-dealkylation sites (tertiary alicyclic amines) is 1. The summed E-state index contributed by atoms with van der Waals surface area (Å²) in [4.78, 5) is 11.0. The van der Waals surface area contributed by atoms with Crippen molar-refractivity contribution in [2.24, 2.45) is 10.9 Å². The van der Waals surface area contributed by atoms with Gasteiger partial charge in [-0.25, -0.2) is 14.4 Å². The summed E-state index contributed by atoms with van der Waals surface area (Å²) in [7, 11) is 0. The Morgan fingerprint density at radius 3 is 2.79 bits per heavy atom. The highest BCUT2D eigenvalue weighted by atomic mass is 127. The molecule has 0 spiro atoms. The summed E-state index contributed by atoms with van der Waals surface area (Å²) in [5, 5.41) is 3.37. The lowest BCUT2D eigenvalue weighted by Crippen LogP contribution is -2.40. The van der Waals surface area contributed by atoms with E-state index in [1.54, 1.807) is 35.4 Å². The molecule has 1 saturated heterocycles. The third-order valence-electron chi connectivity index (χ3n) is 5.59. The van der Waals surface area contributed by atoms with Gasteiger partial charge in [-0.15, -0.1) is 24.0 Å². The maximum atomic E-state index is 14.5. The molecule has 3 aromatic rings. The van der Waals surface area contributed by atoms with E-state index in [0.29, 0.717) is 24.8 Å². The molecule has 1 aromatic heterocycles. The molecule has 0 radical (unpaired) electrons. The number of aromatic nitrogens is 2. The van der Waals surface area contributed by atoms with Crippen molar-refractivity contribution in [1.29, 1.82) is 0 Å². The van der Waals surface area contributed by atoms with Crippen LogP contribution in [0, 0.1) is 11.7 Å². The van der Waals surface area contributed by atoms with Crippen molar-refractivity contribution in [1.82, 2.24) is 19.8 Å². The van der Waals surface area contributed by atoms with E-state index in [1.165, 1.54) is 5.56 Å². The van der Waals surface area contributed by atoms with Crippen LogP contribution < -0.4 is 5.32 Å². The lowest BCUT2D eigenvalue weighted by atomic mass is 10.1. The van der Waals surface area contributed by atoms with Crippen molar-refractivity contribution >= 4 is 29.9 Å². The lowest BCUT2D eigenvalue weighted by Gasteiger charge is -2.21. The Hall–Kier alpha value is -2.46. The normalized spacial score (nSPS) is 16.0. The third-order valence-corrected chi connectivity index (χ3v) is 5.59. The Morgan fingerprint density at radius 2 is 2.06 bits per heavy atom. The van der Waals surface area contributed by atoms with E-state index in [0.717, 1.165) is 44.2 Å². The standard InChI is InChI=1S/C25H30FN5O.HI/c1-2-28-25(29-15-21-8-9-24(23(26)14-21)31-13-11-27-19-31)30-12-10-22(16-30)18-32-17-20-6-4-3-5-7-20;/h3-9,11,13-14,19,22H,2,10,12,15-18H2,1H3,(H,28,29);1H. The number of rotatable bonds is 8. The summed E-state index contributed by atoms with van der Waals surface area (Å²) >= 11 is 0. The molecule has 0 aliphatic carbocycles. The molecule has 1 unspecified atom stereocenters. The first kappa shape index (κ1) is 25.2. The molecule has 0 saturated carbocycles. The van der Waals surface area contributed by atoms with Crippen LogP contribution in [-0.4, -0.2) is 46.7 Å². The van der Waals surface area contributed by atoms with Gasteiger partial charge in [-0.3, -0.25) is 0 Å². The molecule has 8 heteroatoms. The van der Waals surface area contributed by atoms with E-state index in [-0.39, 0.29) is 29.8 Å². The second kappa shape index (κ2) is 12.7. The fourth-order valence-electron chi connectivity index (χ4n) is 3.93. The number of ether oxygens (including phenoxy) is 1. The van der Waals surface area contributed by atoms with Crippen LogP contribution >= 0.6 is 24.0 Å². The smallest absolute Gasteiger partial charge is 0.194 e. The van der Waals surface area contributed by atoms with Gasteiger partial charge in [-0.1, -0.05) is 36.4 Å². The number of halogens is 2. The summed E-state index contributed by atoms with van der Waals surface area (Å²) in [5.74, 6) is 1.07. The number of nitrogens with one attached hydrogen (secondary N) is 1. The first-order valence-electron chi connectivity index (χ1n) is 11.1. The van der Waals surface area contributed by atoms with Gasteiger partial charge in [0.05, 0.1) is 31.8 Å². The minimum Gasteiger partial charge on any atom is -0.376 e. The predicted molar refractivity (Wildman–Crippen MR) is 140 cm³/mol. The third kappa shape index (κ3) is 7.01. The van der Waals surface area contributed by atoms with Crippen LogP contribution in [0.4, 0.5) is 4.39 Å². The van der Waals surface area contributed by atoms with Crippen LogP contribution in [0.3, 0.4) is 0 Å². The number of guanidine groups is 1. The van der Waals surface area contributed by atoms with Crippen LogP contribution in [0.25, 0.3) is 5.69 Å². The van der Waals surface area contributed by atoms with Gasteiger partial charge in [-0.05, 0) is 36.6 Å². The molecule has 1 aliphatic heterocycles. The molecule has 1 fully saturated rings. The molecular weight excluding hydrogens is 532 g/mol. The summed E-state index contributed by atoms with van der Waals surface area (Å²) in [6.45, 7) is 6.52. The van der Waals surface area contributed by atoms with Crippen molar-refractivity contribution in [3.63, 3.8) is 0 Å². The van der Waals surface area contributed by atoms with Gasteiger partial charge in [0, 0.05) is 37.9 Å². The van der Waals surface area contributed by atoms with Crippen molar-refractivity contribution in [2.75, 3.05) is 26.2 Å². The molecule has 1 atom stereocenters. The first-order chi connectivity index (χ1) is 15.7. The van der Waals surface area contributed by atoms with E-state index < -0.39 is 0 Å². The van der Waals surface area contributed by atoms with Gasteiger partial charge in [0.25, 0.3) is 0 Å². The monoisotopic (exact) mass is 563 g/mol. The molecule has 1 aliphatic rings. The van der Waals surface area contributed by atoms with Gasteiger partial charge in [-0.2, -0.15) is 0 Å². The molecule has 33 heavy (non-hydrogen) atoms. The lowest BCUT2D eigenvalue weighted by molar-refractivity contribution is 0.0906. The predicted octanol–water partition coefficient (Wildman–Crippen LogP) is 4.63. The van der Waals surface area contributed by atoms with E-state index in [1.807, 2.05) is 24.3 Å². The topological polar surface area (TPSA) is 54.7 Å². The van der Waals surface area contributed by atoms with Crippen molar-refractivity contribution in [2.45, 2.75) is 26.5 Å². The van der Waals surface area contributed by atoms with E-state index in [4.69, 9.17) is 9.73 Å². The van der Waals surface area contributed by atoms with Crippen molar-refractivity contribution in [3.8, 4) is 5.69 Å². The van der Waals surface area contributed by atoms with Gasteiger partial charge in [0.1, 0.15) is 5.82 Å². The molecule has 0 bridgehead atoms. The highest BCUT2D eigenvalue weighted by Gasteiger charge is 2.25. The molecule has 176 valence electrons. The zero-order valence-electron chi connectivity index (χ0n) is 18.9. The summed E-state index contributed by atoms with van der Waals surface area (Å²) in [6, 6.07) is 15.5. The minimum atomic E-state index is -0.280. The minimum absolute atomic E-state index is 0. The Kier molecular flexibility index (Phi) is 9.68. The molecule has 6 nitrogen and oxygen atoms in total. The zero-order chi connectivity index (χ0) is 22.2. The Balaban J connectivity index is 0.00000306. The van der Waals surface area contributed by atoms with E-state index in [9.17, 15) is 4.39 Å². The molecule has 0 amide bonds. The molecule has 1 N–H and O–H groups in total. The van der Waals surface area contributed by atoms with Crippen LogP contribution in [0.5, 0.6) is 0 Å². The second-order valence-corrected chi connectivity index (χ2v) is 8.03. The highest BCUT2D eigenvalue weighted by molar-refractivity contribution is 14.0. The molecule has 2 heterocycles. The van der Waals surface area contributed by atoms with Gasteiger partial charge < -0.3 is 19.5 Å². The number of benzene rings is 2. The number of hydrogen-bond donors (Lipinski definition) is 1. The van der Waals surface area contributed by atoms with Crippen molar-refractivity contribution < 1.29 is 9.13 Å². The van der Waals surface area contributed by atoms with Gasteiger partial charge in [0.15, 0.2) is 5.96 Å². The fourth-order valence-corrected chi connectivity index (χ4v) is 3.93. The van der Waals surface area contributed by atoms with Crippen molar-refractivity contribution in [3.05, 3.63) is 84.2 Å². The summed E-state index contributed by atoms with van der Waals surface area (Å²) < 4.78 is 22.1. The maximum Gasteiger partial charge on any atom is 0.194 e. The second-order valence-electron chi connectivity index (χ2n) is 8.03. The van der Waals surface area contributed by atoms with Gasteiger partial charge >= 0.3 is 0 Å². The van der Waals surface area contributed by atoms with Crippen LogP contribution in [0.2, 0.25) is 0 Å². The first-order valence-corrected chi connectivity index (χ1v) is 11.1. The molecule has 4 rings (SSSR count). The fraction of sp³-hybridized carbons (Fsp3) is 0.360. The number of nitrogens with zero attached hydrogens (tertiary/aromatic N) is 4. The Bertz CT molecular complexity index is 1010. The summed E-state index contributed by atoms with van der Waals surface area (Å²) in [5.41, 5.74) is 2.52. The average molecular weight is 563 g/mol. The zero-order valence-corrected chi connectivity index (χ0v) is 21.2. The quantitative estimate of drug-likeness (QED) is 0.247. The van der Waals surface area contributed by atoms with Crippen LogP contribution in [-0.2, 0) is 17.9 Å². The van der Waals surface area contributed by atoms with Crippen LogP contribution in [0.15, 0.2) is 72.2 Å². The Labute approximate surface area is 211 Å². The van der Waals surface area contributed by atoms with E-state index >= 15 is 0 Å². The highest BCUT2D eigenvalue weighted by Crippen LogP contribution is 2.19. The van der Waals surface area contributed by atoms with Crippen LogP contribution in [0.1, 0.15) is 24.5 Å². The number of imidazole rings is 1. The van der Waals surface area contributed by atoms with Gasteiger partial charge in [0.2, 0.25) is 0 Å². The average Bonchev–Trinajstić information content (AvgIpc) is 3.50. The molecule has 2 aromatic carbocycles.